The van der Waals surface area contributed by atoms with E-state index in [1.807, 2.05) is 6.07 Å². The Labute approximate surface area is 196 Å². The van der Waals surface area contributed by atoms with Gasteiger partial charge in [0.25, 0.3) is 11.5 Å². The van der Waals surface area contributed by atoms with E-state index in [-0.39, 0.29) is 18.4 Å². The van der Waals surface area contributed by atoms with Gasteiger partial charge in [-0.25, -0.2) is 23.3 Å². The molecule has 0 radical (unpaired) electrons. The lowest BCUT2D eigenvalue weighted by Crippen LogP contribution is -2.50. The van der Waals surface area contributed by atoms with Gasteiger partial charge in [0.1, 0.15) is 5.82 Å². The van der Waals surface area contributed by atoms with Crippen LogP contribution in [0.1, 0.15) is 18.9 Å². The summed E-state index contributed by atoms with van der Waals surface area (Å²) in [6, 6.07) is 9.68. The number of hydrogen-bond donors (Lipinski definition) is 2. The van der Waals surface area contributed by atoms with Crippen LogP contribution in [0.25, 0.3) is 22.0 Å². The van der Waals surface area contributed by atoms with Crippen molar-refractivity contribution in [1.29, 1.82) is 0 Å². The molecule has 0 fully saturated rings. The second-order valence-electron chi connectivity index (χ2n) is 8.23. The lowest BCUT2D eigenvalue weighted by atomic mass is 10.0. The fourth-order valence-corrected chi connectivity index (χ4v) is 4.42. The van der Waals surface area contributed by atoms with E-state index in [1.54, 1.807) is 25.3 Å². The third-order valence-electron chi connectivity index (χ3n) is 5.99. The normalized spacial score (nSPS) is 13.6. The van der Waals surface area contributed by atoms with Gasteiger partial charge in [0, 0.05) is 25.5 Å². The molecule has 182 valence electrons. The highest BCUT2D eigenvalue weighted by Gasteiger charge is 2.43. The topological polar surface area (TPSA) is 128 Å². The van der Waals surface area contributed by atoms with Crippen LogP contribution in [0.4, 0.5) is 4.39 Å². The molecule has 0 aliphatic carbocycles. The SMILES string of the molecule is COCCc1ccc(-c2ccc3c(=O)n(CC[C@@](C)(C(=O)NO)S(C)(=O)=O)cnc3c2)c(F)c1. The number of halogens is 1. The Morgan fingerprint density at radius 3 is 2.62 bits per heavy atom. The van der Waals surface area contributed by atoms with Crippen molar-refractivity contribution < 1.29 is 27.5 Å². The highest BCUT2D eigenvalue weighted by Crippen LogP contribution is 2.26. The number of methoxy groups -OCH3 is 1. The first-order chi connectivity index (χ1) is 16.0. The molecule has 1 amide bonds. The van der Waals surface area contributed by atoms with E-state index in [0.29, 0.717) is 29.7 Å². The van der Waals surface area contributed by atoms with E-state index in [9.17, 15) is 22.4 Å². The van der Waals surface area contributed by atoms with Crippen LogP contribution in [0.5, 0.6) is 0 Å². The molecule has 0 spiro atoms. The summed E-state index contributed by atoms with van der Waals surface area (Å²) in [7, 11) is -2.32. The quantitative estimate of drug-likeness (QED) is 0.347. The minimum atomic E-state index is -3.90. The van der Waals surface area contributed by atoms with E-state index < -0.39 is 31.9 Å². The van der Waals surface area contributed by atoms with Gasteiger partial charge in [-0.1, -0.05) is 18.2 Å². The van der Waals surface area contributed by atoms with Gasteiger partial charge in [0.05, 0.1) is 23.8 Å². The number of rotatable bonds is 9. The standard InChI is InChI=1S/C23H26FN3O6S/c1-23(22(29)26-30,34(3,31)32)9-10-27-14-25-20-13-16(5-7-18(20)21(27)28)17-6-4-15(8-11-33-2)12-19(17)24/h4-7,12-14,30H,8-11H2,1-3H3,(H,26,29)/t23-/m0/s1. The highest BCUT2D eigenvalue weighted by molar-refractivity contribution is 7.92. The summed E-state index contributed by atoms with van der Waals surface area (Å²) in [4.78, 5) is 29.2. The maximum atomic E-state index is 14.7. The van der Waals surface area contributed by atoms with Crippen molar-refractivity contribution in [1.82, 2.24) is 15.0 Å². The van der Waals surface area contributed by atoms with Crippen molar-refractivity contribution in [3.63, 3.8) is 0 Å². The van der Waals surface area contributed by atoms with Gasteiger partial charge in [-0.05, 0) is 49.1 Å². The van der Waals surface area contributed by atoms with Gasteiger partial charge in [-0.3, -0.25) is 19.4 Å². The monoisotopic (exact) mass is 491 g/mol. The Balaban J connectivity index is 1.91. The number of nitrogens with zero attached hydrogens (tertiary/aromatic N) is 2. The van der Waals surface area contributed by atoms with Crippen molar-refractivity contribution in [2.75, 3.05) is 20.0 Å². The second-order valence-corrected chi connectivity index (χ2v) is 10.7. The Hall–Kier alpha value is -3.15. The van der Waals surface area contributed by atoms with Gasteiger partial charge in [0.15, 0.2) is 14.6 Å². The third kappa shape index (κ3) is 5.01. The Morgan fingerprint density at radius 1 is 1.26 bits per heavy atom. The lowest BCUT2D eigenvalue weighted by molar-refractivity contribution is -0.131. The third-order valence-corrected chi connectivity index (χ3v) is 8.02. The van der Waals surface area contributed by atoms with E-state index in [1.165, 1.54) is 35.4 Å². The van der Waals surface area contributed by atoms with Gasteiger partial charge in [-0.2, -0.15) is 0 Å². The van der Waals surface area contributed by atoms with E-state index in [0.717, 1.165) is 11.8 Å². The number of nitrogens with one attached hydrogen (secondary N) is 1. The zero-order chi connectivity index (χ0) is 25.1. The van der Waals surface area contributed by atoms with Crippen molar-refractivity contribution in [3.05, 3.63) is 64.5 Å². The van der Waals surface area contributed by atoms with E-state index in [4.69, 9.17) is 9.94 Å². The minimum Gasteiger partial charge on any atom is -0.384 e. The number of hydroxylamine groups is 1. The van der Waals surface area contributed by atoms with Gasteiger partial charge in [-0.15, -0.1) is 0 Å². The molecule has 0 aliphatic heterocycles. The van der Waals surface area contributed by atoms with Crippen molar-refractivity contribution >= 4 is 26.6 Å². The second kappa shape index (κ2) is 10.00. The summed E-state index contributed by atoms with van der Waals surface area (Å²) >= 11 is 0. The van der Waals surface area contributed by atoms with Crippen molar-refractivity contribution in [3.8, 4) is 11.1 Å². The predicted molar refractivity (Wildman–Crippen MR) is 125 cm³/mol. The molecule has 1 heterocycles. The number of amides is 1. The van der Waals surface area contributed by atoms with Crippen LogP contribution in [-0.4, -0.2) is 53.8 Å². The van der Waals surface area contributed by atoms with Crippen LogP contribution in [0.15, 0.2) is 47.5 Å². The summed E-state index contributed by atoms with van der Waals surface area (Å²) in [5, 5.41) is 9.20. The number of hydrogen-bond acceptors (Lipinski definition) is 7. The molecule has 2 aromatic carbocycles. The fourth-order valence-electron chi connectivity index (χ4n) is 3.57. The zero-order valence-corrected chi connectivity index (χ0v) is 19.9. The molecule has 0 saturated heterocycles. The molecular formula is C23H26FN3O6S. The highest BCUT2D eigenvalue weighted by atomic mass is 32.2. The number of ether oxygens (including phenoxy) is 1. The molecule has 0 unspecified atom stereocenters. The Kier molecular flexibility index (Phi) is 7.49. The number of aromatic nitrogens is 2. The molecule has 0 saturated carbocycles. The maximum absolute atomic E-state index is 14.7. The van der Waals surface area contributed by atoms with Crippen LogP contribution in [0.2, 0.25) is 0 Å². The van der Waals surface area contributed by atoms with Crippen LogP contribution in [-0.2, 0) is 32.3 Å². The summed E-state index contributed by atoms with van der Waals surface area (Å²) < 4.78 is 43.2. The van der Waals surface area contributed by atoms with Crippen LogP contribution >= 0.6 is 0 Å². The summed E-state index contributed by atoms with van der Waals surface area (Å²) in [6.07, 6.45) is 2.46. The molecule has 11 heteroatoms. The first-order valence-corrected chi connectivity index (χ1v) is 12.3. The molecule has 0 bridgehead atoms. The van der Waals surface area contributed by atoms with Gasteiger partial charge >= 0.3 is 0 Å². The molecule has 34 heavy (non-hydrogen) atoms. The molecule has 3 aromatic rings. The molecular weight excluding hydrogens is 465 g/mol. The molecule has 2 N–H and O–H groups in total. The maximum Gasteiger partial charge on any atom is 0.264 e. The Bertz CT molecular complexity index is 1390. The largest absolute Gasteiger partial charge is 0.384 e. The van der Waals surface area contributed by atoms with Crippen LogP contribution < -0.4 is 11.0 Å². The average molecular weight is 492 g/mol. The van der Waals surface area contributed by atoms with E-state index in [2.05, 4.69) is 4.98 Å². The molecule has 3 rings (SSSR count). The lowest BCUT2D eigenvalue weighted by Gasteiger charge is -2.25. The Morgan fingerprint density at radius 2 is 2.00 bits per heavy atom. The van der Waals surface area contributed by atoms with Gasteiger partial charge < -0.3 is 4.74 Å². The number of fused-ring (bicyclic) bond motifs is 1. The number of benzene rings is 2. The smallest absolute Gasteiger partial charge is 0.264 e. The minimum absolute atomic E-state index is 0.127. The summed E-state index contributed by atoms with van der Waals surface area (Å²) in [5.74, 6) is -1.49. The summed E-state index contributed by atoms with van der Waals surface area (Å²) in [5.41, 5.74) is 3.01. The molecule has 1 aromatic heterocycles. The van der Waals surface area contributed by atoms with Crippen LogP contribution in [0, 0.1) is 5.82 Å². The van der Waals surface area contributed by atoms with Crippen LogP contribution in [0.3, 0.4) is 0 Å². The molecule has 0 aliphatic rings. The fraction of sp³-hybridized carbons (Fsp3) is 0.348. The number of aryl methyl sites for hydroxylation is 1. The van der Waals surface area contributed by atoms with Crippen molar-refractivity contribution in [2.45, 2.75) is 31.1 Å². The average Bonchev–Trinajstić information content (AvgIpc) is 2.80. The first kappa shape index (κ1) is 25.5. The number of carbonyl (C=O) groups is 1. The predicted octanol–water partition coefficient (Wildman–Crippen LogP) is 2.09. The van der Waals surface area contributed by atoms with Crippen molar-refractivity contribution in [2.24, 2.45) is 0 Å². The van der Waals surface area contributed by atoms with E-state index >= 15 is 0 Å². The molecule has 1 atom stereocenters. The summed E-state index contributed by atoms with van der Waals surface area (Å²) in [6.45, 7) is 1.53. The zero-order valence-electron chi connectivity index (χ0n) is 19.0. The first-order valence-electron chi connectivity index (χ1n) is 10.4. The molecule has 9 nitrogen and oxygen atoms in total. The number of carbonyl (C=O) groups excluding carboxylic acids is 1. The number of sulfone groups is 1. The van der Waals surface area contributed by atoms with Gasteiger partial charge in [0.2, 0.25) is 0 Å².